The Hall–Kier alpha value is -0.160. The topological polar surface area (TPSA) is 33.7 Å². The second-order valence-electron chi connectivity index (χ2n) is 6.03. The van der Waals surface area contributed by atoms with E-state index in [1.54, 1.807) is 0 Å². The third-order valence-electron chi connectivity index (χ3n) is 4.41. The van der Waals surface area contributed by atoms with Gasteiger partial charge in [-0.2, -0.15) is 0 Å². The van der Waals surface area contributed by atoms with Crippen LogP contribution in [-0.2, 0) is 9.47 Å². The first-order valence-corrected chi connectivity index (χ1v) is 7.55. The molecule has 3 fully saturated rings. The van der Waals surface area contributed by atoms with Crippen LogP contribution >= 0.6 is 0 Å². The quantitative estimate of drug-likeness (QED) is 0.800. The zero-order valence-corrected chi connectivity index (χ0v) is 11.3. The van der Waals surface area contributed by atoms with E-state index >= 15 is 0 Å². The fourth-order valence-electron chi connectivity index (χ4n) is 2.91. The highest BCUT2D eigenvalue weighted by molar-refractivity contribution is 4.82. The van der Waals surface area contributed by atoms with Crippen molar-refractivity contribution in [3.8, 4) is 0 Å². The molecular formula is C14H26N2O2. The molecule has 4 heteroatoms. The largest absolute Gasteiger partial charge is 0.355 e. The van der Waals surface area contributed by atoms with Crippen molar-refractivity contribution in [3.05, 3.63) is 0 Å². The van der Waals surface area contributed by atoms with Crippen molar-refractivity contribution in [2.45, 2.75) is 44.2 Å². The molecule has 2 aliphatic heterocycles. The Balaban J connectivity index is 1.31. The molecular weight excluding hydrogens is 228 g/mol. The van der Waals surface area contributed by atoms with E-state index < -0.39 is 0 Å². The first kappa shape index (κ1) is 12.9. The van der Waals surface area contributed by atoms with E-state index in [-0.39, 0.29) is 0 Å². The number of ether oxygens (including phenoxy) is 2. The van der Waals surface area contributed by atoms with Crippen molar-refractivity contribution in [2.75, 3.05) is 39.6 Å². The summed E-state index contributed by atoms with van der Waals surface area (Å²) in [7, 11) is 0. The molecule has 0 radical (unpaired) electrons. The number of likely N-dealkylation sites (tertiary alicyclic amines) is 1. The van der Waals surface area contributed by atoms with Crippen LogP contribution in [0.2, 0.25) is 0 Å². The van der Waals surface area contributed by atoms with Gasteiger partial charge in [-0.1, -0.05) is 0 Å². The lowest BCUT2D eigenvalue weighted by Gasteiger charge is -2.35. The summed E-state index contributed by atoms with van der Waals surface area (Å²) in [5, 5.41) is 3.73. The summed E-state index contributed by atoms with van der Waals surface area (Å²) in [6, 6.07) is 0.762. The molecule has 0 bridgehead atoms. The molecule has 1 N–H and O–H groups in total. The number of nitrogens with zero attached hydrogens (tertiary/aromatic N) is 1. The Kier molecular flexibility index (Phi) is 4.52. The summed E-state index contributed by atoms with van der Waals surface area (Å²) < 4.78 is 10.8. The molecule has 0 aromatic carbocycles. The van der Waals surface area contributed by atoms with Gasteiger partial charge in [-0.3, -0.25) is 0 Å². The zero-order valence-electron chi connectivity index (χ0n) is 11.3. The number of nitrogens with one attached hydrogen (secondary N) is 1. The molecule has 104 valence electrons. The van der Waals surface area contributed by atoms with Crippen LogP contribution in [0.5, 0.6) is 0 Å². The van der Waals surface area contributed by atoms with Crippen molar-refractivity contribution < 1.29 is 9.47 Å². The van der Waals surface area contributed by atoms with Crippen LogP contribution in [0.25, 0.3) is 0 Å². The third-order valence-corrected chi connectivity index (χ3v) is 4.41. The molecule has 1 aliphatic carbocycles. The predicted molar refractivity (Wildman–Crippen MR) is 70.5 cm³/mol. The summed E-state index contributed by atoms with van der Waals surface area (Å²) in [6.07, 6.45) is 6.96. The van der Waals surface area contributed by atoms with Crippen molar-refractivity contribution in [3.63, 3.8) is 0 Å². The standard InChI is InChI=1S/C14H26N2O2/c1-2-12(1)9-15-13-3-6-16(7-4-13)10-14-5-8-17-11-18-14/h12-15H,1-11H2. The highest BCUT2D eigenvalue weighted by Crippen LogP contribution is 2.28. The van der Waals surface area contributed by atoms with Gasteiger partial charge >= 0.3 is 0 Å². The number of piperidine rings is 1. The van der Waals surface area contributed by atoms with Gasteiger partial charge in [0, 0.05) is 12.6 Å². The minimum absolute atomic E-state index is 0.398. The van der Waals surface area contributed by atoms with Gasteiger partial charge in [-0.25, -0.2) is 0 Å². The average Bonchev–Trinajstić information content (AvgIpc) is 3.23. The summed E-state index contributed by atoms with van der Waals surface area (Å²) in [4.78, 5) is 2.56. The molecule has 0 aromatic rings. The molecule has 3 aliphatic rings. The monoisotopic (exact) mass is 254 g/mol. The Morgan fingerprint density at radius 2 is 1.89 bits per heavy atom. The minimum Gasteiger partial charge on any atom is -0.355 e. The van der Waals surface area contributed by atoms with Gasteiger partial charge in [0.2, 0.25) is 0 Å². The summed E-state index contributed by atoms with van der Waals surface area (Å²) >= 11 is 0. The van der Waals surface area contributed by atoms with E-state index in [2.05, 4.69) is 10.2 Å². The van der Waals surface area contributed by atoms with E-state index in [0.717, 1.165) is 31.5 Å². The normalized spacial score (nSPS) is 31.7. The summed E-state index contributed by atoms with van der Waals surface area (Å²) in [5.41, 5.74) is 0. The second-order valence-corrected chi connectivity index (χ2v) is 6.03. The molecule has 0 spiro atoms. The van der Waals surface area contributed by atoms with E-state index in [9.17, 15) is 0 Å². The maximum Gasteiger partial charge on any atom is 0.147 e. The lowest BCUT2D eigenvalue weighted by Crippen LogP contribution is -2.46. The van der Waals surface area contributed by atoms with Crippen LogP contribution in [0, 0.1) is 5.92 Å². The number of hydrogen-bond donors (Lipinski definition) is 1. The Bertz CT molecular complexity index is 244. The number of rotatable bonds is 5. The maximum absolute atomic E-state index is 5.62. The first-order chi connectivity index (χ1) is 8.90. The summed E-state index contributed by atoms with van der Waals surface area (Å²) in [5.74, 6) is 0.999. The highest BCUT2D eigenvalue weighted by atomic mass is 16.7. The molecule has 18 heavy (non-hydrogen) atoms. The maximum atomic E-state index is 5.62. The molecule has 2 heterocycles. The zero-order chi connectivity index (χ0) is 12.2. The summed E-state index contributed by atoms with van der Waals surface area (Å²) in [6.45, 7) is 6.16. The van der Waals surface area contributed by atoms with E-state index in [1.165, 1.54) is 45.3 Å². The molecule has 1 saturated carbocycles. The van der Waals surface area contributed by atoms with Crippen LogP contribution in [0.15, 0.2) is 0 Å². The Morgan fingerprint density at radius 3 is 2.56 bits per heavy atom. The molecule has 1 unspecified atom stereocenters. The van der Waals surface area contributed by atoms with Crippen molar-refractivity contribution in [1.29, 1.82) is 0 Å². The Morgan fingerprint density at radius 1 is 1.06 bits per heavy atom. The SMILES string of the molecule is C1CC(CN2CCC(NCC3CC3)CC2)OCO1. The van der Waals surface area contributed by atoms with Gasteiger partial charge in [0.05, 0.1) is 12.7 Å². The molecule has 1 atom stereocenters. The van der Waals surface area contributed by atoms with Crippen molar-refractivity contribution in [1.82, 2.24) is 10.2 Å². The highest BCUT2D eigenvalue weighted by Gasteiger charge is 2.25. The van der Waals surface area contributed by atoms with E-state index in [1.807, 2.05) is 0 Å². The van der Waals surface area contributed by atoms with Gasteiger partial charge < -0.3 is 19.7 Å². The smallest absolute Gasteiger partial charge is 0.147 e. The van der Waals surface area contributed by atoms with Crippen LogP contribution in [-0.4, -0.2) is 56.6 Å². The van der Waals surface area contributed by atoms with Crippen LogP contribution < -0.4 is 5.32 Å². The van der Waals surface area contributed by atoms with Gasteiger partial charge in [0.15, 0.2) is 0 Å². The van der Waals surface area contributed by atoms with Crippen LogP contribution in [0.3, 0.4) is 0 Å². The van der Waals surface area contributed by atoms with Crippen molar-refractivity contribution >= 4 is 0 Å². The molecule has 0 amide bonds. The molecule has 3 rings (SSSR count). The average molecular weight is 254 g/mol. The van der Waals surface area contributed by atoms with Crippen LogP contribution in [0.4, 0.5) is 0 Å². The third kappa shape index (κ3) is 3.92. The molecule has 4 nitrogen and oxygen atoms in total. The van der Waals surface area contributed by atoms with Gasteiger partial charge in [-0.05, 0) is 57.7 Å². The van der Waals surface area contributed by atoms with Gasteiger partial charge in [0.25, 0.3) is 0 Å². The van der Waals surface area contributed by atoms with Gasteiger partial charge in [-0.15, -0.1) is 0 Å². The fraction of sp³-hybridized carbons (Fsp3) is 1.00. The Labute approximate surface area is 110 Å². The van der Waals surface area contributed by atoms with Gasteiger partial charge in [0.1, 0.15) is 6.79 Å². The van der Waals surface area contributed by atoms with E-state index in [4.69, 9.17) is 9.47 Å². The van der Waals surface area contributed by atoms with Crippen molar-refractivity contribution in [2.24, 2.45) is 5.92 Å². The first-order valence-electron chi connectivity index (χ1n) is 7.55. The predicted octanol–water partition coefficient (Wildman–Crippen LogP) is 1.21. The number of hydrogen-bond acceptors (Lipinski definition) is 4. The molecule has 0 aromatic heterocycles. The van der Waals surface area contributed by atoms with E-state index in [0.29, 0.717) is 12.9 Å². The van der Waals surface area contributed by atoms with Crippen LogP contribution in [0.1, 0.15) is 32.1 Å². The lowest BCUT2D eigenvalue weighted by atomic mass is 10.0. The minimum atomic E-state index is 0.398. The molecule has 2 saturated heterocycles. The second kappa shape index (κ2) is 6.33. The fourth-order valence-corrected chi connectivity index (χ4v) is 2.91. The lowest BCUT2D eigenvalue weighted by molar-refractivity contribution is -0.145.